The summed E-state index contributed by atoms with van der Waals surface area (Å²) in [6.07, 6.45) is 0.737. The Morgan fingerprint density at radius 2 is 1.94 bits per heavy atom. The quantitative estimate of drug-likeness (QED) is 0.801. The second kappa shape index (κ2) is 4.40. The smallest absolute Gasteiger partial charge is 0.0951 e. The van der Waals surface area contributed by atoms with Crippen molar-refractivity contribution in [1.82, 2.24) is 4.90 Å². The van der Waals surface area contributed by atoms with Gasteiger partial charge in [-0.25, -0.2) is 0 Å². The van der Waals surface area contributed by atoms with Crippen molar-refractivity contribution in [3.8, 4) is 0 Å². The average molecular weight is 235 g/mol. The Morgan fingerprint density at radius 1 is 1.19 bits per heavy atom. The van der Waals surface area contributed by atoms with Crippen molar-refractivity contribution in [1.29, 1.82) is 0 Å². The molecule has 1 aromatic carbocycles. The third-order valence-corrected chi connectivity index (χ3v) is 4.62. The van der Waals surface area contributed by atoms with Crippen LogP contribution in [0.4, 0.5) is 0 Å². The minimum absolute atomic E-state index is 0.278. The van der Waals surface area contributed by atoms with Crippen molar-refractivity contribution in [2.24, 2.45) is 0 Å². The maximum Gasteiger partial charge on any atom is 0.0951 e. The van der Waals surface area contributed by atoms with Crippen LogP contribution >= 0.6 is 11.8 Å². The van der Waals surface area contributed by atoms with Gasteiger partial charge in [-0.1, -0.05) is 24.3 Å². The first kappa shape index (κ1) is 10.6. The lowest BCUT2D eigenvalue weighted by Gasteiger charge is -2.33. The number of aliphatic hydroxyl groups excluding tert-OH is 1. The Morgan fingerprint density at radius 3 is 2.69 bits per heavy atom. The van der Waals surface area contributed by atoms with Crippen LogP contribution < -0.4 is 0 Å². The highest BCUT2D eigenvalue weighted by atomic mass is 32.2. The van der Waals surface area contributed by atoms with Gasteiger partial charge in [0.15, 0.2) is 0 Å². The zero-order valence-corrected chi connectivity index (χ0v) is 10.1. The zero-order valence-electron chi connectivity index (χ0n) is 9.30. The number of rotatable bonds is 1. The summed E-state index contributed by atoms with van der Waals surface area (Å²) in [6, 6.07) is 8.63. The van der Waals surface area contributed by atoms with Crippen LogP contribution in [0, 0.1) is 0 Å². The Bertz CT molecular complexity index is 376. The molecule has 16 heavy (non-hydrogen) atoms. The Balaban J connectivity index is 1.80. The van der Waals surface area contributed by atoms with Gasteiger partial charge in [-0.3, -0.25) is 4.90 Å². The Kier molecular flexibility index (Phi) is 2.92. The summed E-state index contributed by atoms with van der Waals surface area (Å²) in [6.45, 7) is 2.25. The minimum atomic E-state index is -0.278. The van der Waals surface area contributed by atoms with E-state index in [4.69, 9.17) is 0 Å². The highest BCUT2D eigenvalue weighted by molar-refractivity contribution is 7.99. The normalized spacial score (nSPS) is 30.3. The number of hydrogen-bond donors (Lipinski definition) is 1. The first-order chi connectivity index (χ1) is 7.86. The highest BCUT2D eigenvalue weighted by Gasteiger charge is 2.35. The van der Waals surface area contributed by atoms with Crippen LogP contribution in [0.5, 0.6) is 0 Å². The van der Waals surface area contributed by atoms with Gasteiger partial charge < -0.3 is 5.11 Å². The number of aliphatic hydroxyl groups is 1. The Labute approximate surface area is 101 Å². The average Bonchev–Trinajstić information content (AvgIpc) is 2.69. The van der Waals surface area contributed by atoms with E-state index in [9.17, 15) is 5.11 Å². The van der Waals surface area contributed by atoms with Crippen molar-refractivity contribution < 1.29 is 5.11 Å². The summed E-state index contributed by atoms with van der Waals surface area (Å²) in [4.78, 5) is 2.46. The molecule has 1 saturated heterocycles. The summed E-state index contributed by atoms with van der Waals surface area (Å²) in [5, 5.41) is 10.3. The van der Waals surface area contributed by atoms with Gasteiger partial charge in [0.25, 0.3) is 0 Å². The molecule has 2 nitrogen and oxygen atoms in total. The zero-order chi connectivity index (χ0) is 11.0. The van der Waals surface area contributed by atoms with Gasteiger partial charge in [0.05, 0.1) is 6.10 Å². The van der Waals surface area contributed by atoms with Crippen LogP contribution in [0.3, 0.4) is 0 Å². The van der Waals surface area contributed by atoms with Gasteiger partial charge in [-0.2, -0.15) is 11.8 Å². The Hall–Kier alpha value is -0.510. The van der Waals surface area contributed by atoms with Gasteiger partial charge in [0.2, 0.25) is 0 Å². The number of hydrogen-bond acceptors (Lipinski definition) is 3. The van der Waals surface area contributed by atoms with Gasteiger partial charge in [-0.15, -0.1) is 0 Å². The molecule has 0 amide bonds. The molecule has 1 fully saturated rings. The summed E-state index contributed by atoms with van der Waals surface area (Å²) in [7, 11) is 0. The van der Waals surface area contributed by atoms with Crippen molar-refractivity contribution in [3.05, 3.63) is 35.4 Å². The molecule has 1 heterocycles. The van der Waals surface area contributed by atoms with Crippen LogP contribution in [0.2, 0.25) is 0 Å². The molecular weight excluding hydrogens is 218 g/mol. The third-order valence-electron chi connectivity index (χ3n) is 3.68. The van der Waals surface area contributed by atoms with Gasteiger partial charge in [0, 0.05) is 30.6 Å². The van der Waals surface area contributed by atoms with Crippen molar-refractivity contribution in [2.75, 3.05) is 24.6 Å². The lowest BCUT2D eigenvalue weighted by Crippen LogP contribution is -2.43. The maximum absolute atomic E-state index is 10.3. The second-order valence-electron chi connectivity index (χ2n) is 4.56. The molecule has 86 valence electrons. The number of nitrogens with zero attached hydrogens (tertiary/aromatic N) is 1. The summed E-state index contributed by atoms with van der Waals surface area (Å²) in [5.74, 6) is 2.42. The molecule has 0 radical (unpaired) electrons. The lowest BCUT2D eigenvalue weighted by molar-refractivity contribution is 0.0667. The minimum Gasteiger partial charge on any atom is -0.387 e. The molecule has 0 aromatic heterocycles. The summed E-state index contributed by atoms with van der Waals surface area (Å²) >= 11 is 2.02. The molecular formula is C13H17NOS. The van der Waals surface area contributed by atoms with E-state index in [1.54, 1.807) is 0 Å². The van der Waals surface area contributed by atoms with Gasteiger partial charge in [-0.05, 0) is 17.5 Å². The molecule has 0 bridgehead atoms. The van der Waals surface area contributed by atoms with E-state index < -0.39 is 0 Å². The van der Waals surface area contributed by atoms with Crippen LogP contribution in [0.25, 0.3) is 0 Å². The molecule has 0 saturated carbocycles. The molecule has 1 N–H and O–H groups in total. The molecule has 3 heteroatoms. The predicted molar refractivity (Wildman–Crippen MR) is 67.8 cm³/mol. The third kappa shape index (κ3) is 1.77. The topological polar surface area (TPSA) is 23.5 Å². The first-order valence-corrected chi connectivity index (χ1v) is 7.09. The molecule has 3 rings (SSSR count). The van der Waals surface area contributed by atoms with E-state index in [0.29, 0.717) is 6.04 Å². The van der Waals surface area contributed by atoms with Crippen LogP contribution in [0.1, 0.15) is 17.2 Å². The van der Waals surface area contributed by atoms with E-state index in [2.05, 4.69) is 23.1 Å². The molecule has 2 unspecified atom stereocenters. The number of fused-ring (bicyclic) bond motifs is 1. The van der Waals surface area contributed by atoms with Gasteiger partial charge >= 0.3 is 0 Å². The van der Waals surface area contributed by atoms with Crippen molar-refractivity contribution in [3.63, 3.8) is 0 Å². The van der Waals surface area contributed by atoms with Gasteiger partial charge in [0.1, 0.15) is 0 Å². The lowest BCUT2D eigenvalue weighted by atomic mass is 10.1. The fourth-order valence-electron chi connectivity index (χ4n) is 2.79. The van der Waals surface area contributed by atoms with E-state index in [0.717, 1.165) is 25.1 Å². The number of thioether (sulfide) groups is 1. The fraction of sp³-hybridized carbons (Fsp3) is 0.538. The number of benzene rings is 1. The molecule has 2 aliphatic rings. The monoisotopic (exact) mass is 235 g/mol. The molecule has 1 aliphatic carbocycles. The maximum atomic E-state index is 10.3. The molecule has 1 aromatic rings. The largest absolute Gasteiger partial charge is 0.387 e. The van der Waals surface area contributed by atoms with E-state index in [-0.39, 0.29) is 6.10 Å². The standard InChI is InChI=1S/C13H17NOS/c15-13-11-4-2-1-3-10(11)9-12(13)14-5-7-16-8-6-14/h1-4,12-13,15H,5-9H2. The van der Waals surface area contributed by atoms with E-state index >= 15 is 0 Å². The van der Waals surface area contributed by atoms with Crippen molar-refractivity contribution in [2.45, 2.75) is 18.6 Å². The molecule has 1 aliphatic heterocycles. The molecule has 2 atom stereocenters. The van der Waals surface area contributed by atoms with Crippen molar-refractivity contribution >= 4 is 11.8 Å². The summed E-state index contributed by atoms with van der Waals surface area (Å²) < 4.78 is 0. The van der Waals surface area contributed by atoms with Crippen LogP contribution in [-0.2, 0) is 6.42 Å². The molecule has 0 spiro atoms. The predicted octanol–water partition coefficient (Wildman–Crippen LogP) is 1.69. The highest BCUT2D eigenvalue weighted by Crippen LogP contribution is 2.35. The van der Waals surface area contributed by atoms with Crippen LogP contribution in [-0.4, -0.2) is 40.6 Å². The second-order valence-corrected chi connectivity index (χ2v) is 5.79. The van der Waals surface area contributed by atoms with Crippen LogP contribution in [0.15, 0.2) is 24.3 Å². The fourth-order valence-corrected chi connectivity index (χ4v) is 3.72. The first-order valence-electron chi connectivity index (χ1n) is 5.94. The van der Waals surface area contributed by atoms with E-state index in [1.807, 2.05) is 17.8 Å². The van der Waals surface area contributed by atoms with E-state index in [1.165, 1.54) is 17.1 Å². The summed E-state index contributed by atoms with van der Waals surface area (Å²) in [5.41, 5.74) is 2.48. The SMILES string of the molecule is OC1c2ccccc2CC1N1CCSCC1.